The fraction of sp³-hybridized carbons (Fsp3) is 0. The van der Waals surface area contributed by atoms with E-state index in [-0.39, 0.29) is 0 Å². The number of para-hydroxylation sites is 1. The summed E-state index contributed by atoms with van der Waals surface area (Å²) in [6, 6.07) is 13.8. The summed E-state index contributed by atoms with van der Waals surface area (Å²) in [6.07, 6.45) is 1.82. The predicted molar refractivity (Wildman–Crippen MR) is 73.2 cm³/mol. The number of nitrogen functional groups attached to an aromatic ring is 1. The van der Waals surface area contributed by atoms with Gasteiger partial charge in [0, 0.05) is 15.5 Å². The largest absolute Gasteiger partial charge is 0.399 e. The quantitative estimate of drug-likeness (QED) is 0.698. The van der Waals surface area contributed by atoms with Gasteiger partial charge in [0.05, 0.1) is 17.4 Å². The third-order valence-electron chi connectivity index (χ3n) is 2.67. The molecule has 0 radical (unpaired) electrons. The van der Waals surface area contributed by atoms with Crippen LogP contribution in [0.15, 0.2) is 53.1 Å². The maximum absolute atomic E-state index is 5.76. The number of halogens is 1. The van der Waals surface area contributed by atoms with Gasteiger partial charge in [-0.25, -0.2) is 4.68 Å². The van der Waals surface area contributed by atoms with Gasteiger partial charge >= 0.3 is 0 Å². The van der Waals surface area contributed by atoms with Crippen molar-refractivity contribution in [2.45, 2.75) is 0 Å². The molecule has 0 fully saturated rings. The molecule has 2 aromatic carbocycles. The summed E-state index contributed by atoms with van der Waals surface area (Å²) in [6.45, 7) is 0. The number of anilines is 1. The molecule has 3 aromatic rings. The lowest BCUT2D eigenvalue weighted by atomic mass is 10.2. The highest BCUT2D eigenvalue weighted by molar-refractivity contribution is 9.10. The third-order valence-corrected chi connectivity index (χ3v) is 3.34. The van der Waals surface area contributed by atoms with Gasteiger partial charge < -0.3 is 5.73 Å². The van der Waals surface area contributed by atoms with Crippen molar-refractivity contribution in [3.63, 3.8) is 0 Å². The maximum atomic E-state index is 5.76. The normalized spacial score (nSPS) is 10.9. The average Bonchev–Trinajstić information content (AvgIpc) is 2.72. The standard InChI is InChI=1S/C13H10BrN3/c14-11-3-1-2-4-13(11)17-12-6-5-10(15)7-9(12)8-16-17/h1-8H,15H2. The number of hydrogen-bond acceptors (Lipinski definition) is 2. The molecule has 1 heterocycles. The summed E-state index contributed by atoms with van der Waals surface area (Å²) in [5.74, 6) is 0. The molecule has 1 aromatic heterocycles. The maximum Gasteiger partial charge on any atom is 0.0794 e. The van der Waals surface area contributed by atoms with E-state index in [1.165, 1.54) is 0 Å². The SMILES string of the molecule is Nc1ccc2c(cnn2-c2ccccc2Br)c1. The molecule has 0 amide bonds. The summed E-state index contributed by atoms with van der Waals surface area (Å²) in [4.78, 5) is 0. The van der Waals surface area contributed by atoms with Crippen LogP contribution in [0.1, 0.15) is 0 Å². The lowest BCUT2D eigenvalue weighted by Crippen LogP contribution is -1.96. The number of hydrogen-bond donors (Lipinski definition) is 1. The minimum Gasteiger partial charge on any atom is -0.399 e. The molecular formula is C13H10BrN3. The highest BCUT2D eigenvalue weighted by Crippen LogP contribution is 2.25. The van der Waals surface area contributed by atoms with Crippen LogP contribution in [0.4, 0.5) is 5.69 Å². The van der Waals surface area contributed by atoms with Crippen LogP contribution in [-0.2, 0) is 0 Å². The van der Waals surface area contributed by atoms with Crippen molar-refractivity contribution in [2.24, 2.45) is 0 Å². The van der Waals surface area contributed by atoms with Crippen molar-refractivity contribution in [2.75, 3.05) is 5.73 Å². The van der Waals surface area contributed by atoms with Crippen LogP contribution in [-0.4, -0.2) is 9.78 Å². The van der Waals surface area contributed by atoms with E-state index in [1.54, 1.807) is 0 Å². The van der Waals surface area contributed by atoms with Gasteiger partial charge in [0.2, 0.25) is 0 Å². The smallest absolute Gasteiger partial charge is 0.0794 e. The summed E-state index contributed by atoms with van der Waals surface area (Å²) < 4.78 is 2.92. The first kappa shape index (κ1) is 10.4. The third kappa shape index (κ3) is 1.70. The minimum atomic E-state index is 0.754. The average molecular weight is 288 g/mol. The fourth-order valence-electron chi connectivity index (χ4n) is 1.87. The Labute approximate surface area is 107 Å². The number of aromatic nitrogens is 2. The van der Waals surface area contributed by atoms with Crippen LogP contribution >= 0.6 is 15.9 Å². The molecule has 0 atom stereocenters. The molecule has 0 unspecified atom stereocenters. The van der Waals surface area contributed by atoms with E-state index in [4.69, 9.17) is 5.73 Å². The predicted octanol–water partition coefficient (Wildman–Crippen LogP) is 3.37. The zero-order chi connectivity index (χ0) is 11.8. The molecule has 3 nitrogen and oxygen atoms in total. The second kappa shape index (κ2) is 3.89. The molecule has 0 aliphatic heterocycles. The van der Waals surface area contributed by atoms with Crippen LogP contribution in [0.25, 0.3) is 16.6 Å². The van der Waals surface area contributed by atoms with E-state index in [2.05, 4.69) is 21.0 Å². The topological polar surface area (TPSA) is 43.8 Å². The van der Waals surface area contributed by atoms with E-state index in [0.29, 0.717) is 0 Å². The molecule has 4 heteroatoms. The molecule has 3 rings (SSSR count). The minimum absolute atomic E-state index is 0.754. The molecule has 0 bridgehead atoms. The van der Waals surface area contributed by atoms with Gasteiger partial charge in [-0.05, 0) is 46.3 Å². The Hall–Kier alpha value is -1.81. The van der Waals surface area contributed by atoms with E-state index < -0.39 is 0 Å². The zero-order valence-corrected chi connectivity index (χ0v) is 10.6. The van der Waals surface area contributed by atoms with Crippen LogP contribution in [0.3, 0.4) is 0 Å². The molecule has 0 saturated heterocycles. The number of rotatable bonds is 1. The molecule has 0 saturated carbocycles. The lowest BCUT2D eigenvalue weighted by Gasteiger charge is -2.05. The van der Waals surface area contributed by atoms with Crippen molar-refractivity contribution in [1.82, 2.24) is 9.78 Å². The van der Waals surface area contributed by atoms with Crippen LogP contribution in [0.2, 0.25) is 0 Å². The Kier molecular flexibility index (Phi) is 2.37. The van der Waals surface area contributed by atoms with Crippen molar-refractivity contribution in [3.8, 4) is 5.69 Å². The van der Waals surface area contributed by atoms with Gasteiger partial charge in [0.1, 0.15) is 0 Å². The molecule has 84 valence electrons. The molecule has 17 heavy (non-hydrogen) atoms. The van der Waals surface area contributed by atoms with Crippen molar-refractivity contribution in [3.05, 3.63) is 53.1 Å². The van der Waals surface area contributed by atoms with Crippen LogP contribution in [0.5, 0.6) is 0 Å². The number of fused-ring (bicyclic) bond motifs is 1. The first-order valence-electron chi connectivity index (χ1n) is 5.24. The highest BCUT2D eigenvalue weighted by Gasteiger charge is 2.07. The van der Waals surface area contributed by atoms with Crippen molar-refractivity contribution >= 4 is 32.5 Å². The first-order chi connectivity index (χ1) is 8.25. The van der Waals surface area contributed by atoms with E-state index in [0.717, 1.165) is 26.8 Å². The Morgan fingerprint density at radius 3 is 2.76 bits per heavy atom. The number of nitrogens with zero attached hydrogens (tertiary/aromatic N) is 2. The van der Waals surface area contributed by atoms with Gasteiger partial charge in [0.15, 0.2) is 0 Å². The van der Waals surface area contributed by atoms with E-state index in [9.17, 15) is 0 Å². The van der Waals surface area contributed by atoms with Crippen molar-refractivity contribution in [1.29, 1.82) is 0 Å². The van der Waals surface area contributed by atoms with Gasteiger partial charge in [-0.1, -0.05) is 12.1 Å². The molecule has 0 aliphatic rings. The lowest BCUT2D eigenvalue weighted by molar-refractivity contribution is 0.906. The van der Waals surface area contributed by atoms with Crippen LogP contribution < -0.4 is 5.73 Å². The Balaban J connectivity index is 2.29. The summed E-state index contributed by atoms with van der Waals surface area (Å²) in [5.41, 5.74) is 8.58. The monoisotopic (exact) mass is 287 g/mol. The van der Waals surface area contributed by atoms with Crippen LogP contribution in [0, 0.1) is 0 Å². The van der Waals surface area contributed by atoms with Gasteiger partial charge in [-0.15, -0.1) is 0 Å². The van der Waals surface area contributed by atoms with Gasteiger partial charge in [-0.2, -0.15) is 5.10 Å². The van der Waals surface area contributed by atoms with Crippen molar-refractivity contribution < 1.29 is 0 Å². The summed E-state index contributed by atoms with van der Waals surface area (Å²) in [5, 5.41) is 5.44. The Morgan fingerprint density at radius 2 is 1.94 bits per heavy atom. The Morgan fingerprint density at radius 1 is 1.12 bits per heavy atom. The van der Waals surface area contributed by atoms with E-state index >= 15 is 0 Å². The first-order valence-corrected chi connectivity index (χ1v) is 6.03. The molecule has 0 spiro atoms. The Bertz CT molecular complexity index is 688. The second-order valence-corrected chi connectivity index (χ2v) is 4.68. The summed E-state index contributed by atoms with van der Waals surface area (Å²) >= 11 is 3.53. The van der Waals surface area contributed by atoms with Gasteiger partial charge in [-0.3, -0.25) is 0 Å². The summed E-state index contributed by atoms with van der Waals surface area (Å²) in [7, 11) is 0. The fourth-order valence-corrected chi connectivity index (χ4v) is 2.32. The second-order valence-electron chi connectivity index (χ2n) is 3.83. The highest BCUT2D eigenvalue weighted by atomic mass is 79.9. The van der Waals surface area contributed by atoms with E-state index in [1.807, 2.05) is 53.3 Å². The number of nitrogens with two attached hydrogens (primary N) is 1. The zero-order valence-electron chi connectivity index (χ0n) is 8.97. The molecular weight excluding hydrogens is 278 g/mol. The number of benzene rings is 2. The molecule has 0 aliphatic carbocycles. The van der Waals surface area contributed by atoms with Gasteiger partial charge in [0.25, 0.3) is 0 Å². The molecule has 2 N–H and O–H groups in total.